The number of nitrogens with two attached hydrogens (primary N) is 1. The molecule has 0 saturated heterocycles. The number of nitrogens with one attached hydrogen (secondary N) is 1. The molecule has 0 aliphatic carbocycles. The maximum absolute atomic E-state index is 5.53. The monoisotopic (exact) mass is 257 g/mol. The highest BCUT2D eigenvalue weighted by atomic mass is 32.1. The molecular weight excluding hydrogens is 234 g/mol. The van der Waals surface area contributed by atoms with Gasteiger partial charge in [0.05, 0.1) is 5.69 Å². The van der Waals surface area contributed by atoms with Gasteiger partial charge >= 0.3 is 0 Å². The average Bonchev–Trinajstić information content (AvgIpc) is 2.74. The van der Waals surface area contributed by atoms with E-state index in [0.29, 0.717) is 6.54 Å². The van der Waals surface area contributed by atoms with Gasteiger partial charge < -0.3 is 15.8 Å². The lowest BCUT2D eigenvalue weighted by Gasteiger charge is -2.24. The summed E-state index contributed by atoms with van der Waals surface area (Å²) in [5.41, 5.74) is 6.86. The van der Waals surface area contributed by atoms with E-state index in [1.165, 1.54) is 0 Å². The molecule has 0 amide bonds. The minimum absolute atomic E-state index is 0.253. The summed E-state index contributed by atoms with van der Waals surface area (Å²) in [6, 6.07) is 0. The van der Waals surface area contributed by atoms with E-state index in [-0.39, 0.29) is 5.41 Å². The molecule has 1 heterocycles. The third-order valence-electron chi connectivity index (χ3n) is 2.67. The third kappa shape index (κ3) is 5.59. The van der Waals surface area contributed by atoms with Crippen molar-refractivity contribution < 1.29 is 4.74 Å². The molecular formula is C12H23N3OS. The number of aromatic nitrogens is 1. The lowest BCUT2D eigenvalue weighted by atomic mass is 9.90. The fourth-order valence-electron chi connectivity index (χ4n) is 1.52. The van der Waals surface area contributed by atoms with Crippen LogP contribution in [0.15, 0.2) is 5.38 Å². The Morgan fingerprint density at radius 2 is 2.29 bits per heavy atom. The Bertz CT molecular complexity index is 325. The SMILES string of the molecule is COCCC(C)(C)CNCc1csc(CN)n1. The van der Waals surface area contributed by atoms with Crippen LogP contribution in [-0.2, 0) is 17.8 Å². The number of nitrogens with zero attached hydrogens (tertiary/aromatic N) is 1. The zero-order valence-corrected chi connectivity index (χ0v) is 11.8. The molecule has 4 nitrogen and oxygen atoms in total. The molecule has 0 aliphatic heterocycles. The summed E-state index contributed by atoms with van der Waals surface area (Å²) in [4.78, 5) is 4.42. The number of hydrogen-bond acceptors (Lipinski definition) is 5. The Labute approximate surface area is 108 Å². The second-order valence-electron chi connectivity index (χ2n) is 4.95. The predicted octanol–water partition coefficient (Wildman–Crippen LogP) is 1.75. The molecule has 0 radical (unpaired) electrons. The van der Waals surface area contributed by atoms with Gasteiger partial charge in [0, 0.05) is 38.7 Å². The molecule has 0 atom stereocenters. The smallest absolute Gasteiger partial charge is 0.106 e. The summed E-state index contributed by atoms with van der Waals surface area (Å²) in [7, 11) is 1.74. The van der Waals surface area contributed by atoms with E-state index in [1.54, 1.807) is 18.4 Å². The minimum Gasteiger partial charge on any atom is -0.385 e. The van der Waals surface area contributed by atoms with Crippen LogP contribution in [0.3, 0.4) is 0 Å². The first-order valence-electron chi connectivity index (χ1n) is 5.90. The molecule has 1 aromatic heterocycles. The third-order valence-corrected chi connectivity index (χ3v) is 3.59. The van der Waals surface area contributed by atoms with Crippen molar-refractivity contribution in [2.75, 3.05) is 20.3 Å². The van der Waals surface area contributed by atoms with Crippen molar-refractivity contribution >= 4 is 11.3 Å². The molecule has 0 saturated carbocycles. The van der Waals surface area contributed by atoms with Gasteiger partial charge in [0.25, 0.3) is 0 Å². The Morgan fingerprint density at radius 1 is 1.53 bits per heavy atom. The average molecular weight is 257 g/mol. The zero-order valence-electron chi connectivity index (χ0n) is 11.0. The first-order valence-corrected chi connectivity index (χ1v) is 6.78. The molecule has 0 fully saturated rings. The highest BCUT2D eigenvalue weighted by Crippen LogP contribution is 2.19. The maximum Gasteiger partial charge on any atom is 0.106 e. The predicted molar refractivity (Wildman–Crippen MR) is 72.0 cm³/mol. The van der Waals surface area contributed by atoms with Crippen LogP contribution in [0.2, 0.25) is 0 Å². The molecule has 1 rings (SSSR count). The van der Waals surface area contributed by atoms with Gasteiger partial charge in [-0.15, -0.1) is 11.3 Å². The van der Waals surface area contributed by atoms with E-state index in [0.717, 1.165) is 36.8 Å². The molecule has 1 aromatic rings. The van der Waals surface area contributed by atoms with Gasteiger partial charge in [-0.1, -0.05) is 13.8 Å². The van der Waals surface area contributed by atoms with Crippen molar-refractivity contribution in [1.82, 2.24) is 10.3 Å². The Balaban J connectivity index is 2.26. The molecule has 3 N–H and O–H groups in total. The van der Waals surface area contributed by atoms with Gasteiger partial charge in [-0.05, 0) is 11.8 Å². The molecule has 98 valence electrons. The summed E-state index contributed by atoms with van der Waals surface area (Å²) in [5, 5.41) is 6.50. The zero-order chi connectivity index (χ0) is 12.7. The standard InChI is InChI=1S/C12H23N3OS/c1-12(2,4-5-16-3)9-14-7-10-8-17-11(6-13)15-10/h8,14H,4-7,9,13H2,1-3H3. The highest BCUT2D eigenvalue weighted by molar-refractivity contribution is 7.09. The van der Waals surface area contributed by atoms with Crippen molar-refractivity contribution in [1.29, 1.82) is 0 Å². The molecule has 0 aliphatic rings. The minimum atomic E-state index is 0.253. The van der Waals surface area contributed by atoms with Crippen LogP contribution >= 0.6 is 11.3 Å². The van der Waals surface area contributed by atoms with Crippen molar-refractivity contribution in [3.05, 3.63) is 16.1 Å². The van der Waals surface area contributed by atoms with Crippen LogP contribution in [0.1, 0.15) is 31.0 Å². The van der Waals surface area contributed by atoms with E-state index >= 15 is 0 Å². The lowest BCUT2D eigenvalue weighted by molar-refractivity contribution is 0.150. The summed E-state index contributed by atoms with van der Waals surface area (Å²) >= 11 is 1.63. The van der Waals surface area contributed by atoms with Gasteiger partial charge in [0.2, 0.25) is 0 Å². The molecule has 0 aromatic carbocycles. The fraction of sp³-hybridized carbons (Fsp3) is 0.750. The quantitative estimate of drug-likeness (QED) is 0.745. The fourth-order valence-corrected chi connectivity index (χ4v) is 2.19. The molecule has 0 unspecified atom stereocenters. The van der Waals surface area contributed by atoms with Gasteiger partial charge in [0.1, 0.15) is 5.01 Å². The Morgan fingerprint density at radius 3 is 2.88 bits per heavy atom. The van der Waals surface area contributed by atoms with Crippen LogP contribution in [0.5, 0.6) is 0 Å². The normalized spacial score (nSPS) is 12.0. The van der Waals surface area contributed by atoms with Gasteiger partial charge in [0.15, 0.2) is 0 Å². The van der Waals surface area contributed by atoms with Gasteiger partial charge in [-0.2, -0.15) is 0 Å². The molecule has 0 bridgehead atoms. The van der Waals surface area contributed by atoms with Gasteiger partial charge in [-0.3, -0.25) is 0 Å². The van der Waals surface area contributed by atoms with E-state index < -0.39 is 0 Å². The van der Waals surface area contributed by atoms with E-state index in [1.807, 2.05) is 0 Å². The number of hydrogen-bond donors (Lipinski definition) is 2. The van der Waals surface area contributed by atoms with Crippen LogP contribution in [0.25, 0.3) is 0 Å². The van der Waals surface area contributed by atoms with Crippen LogP contribution in [0, 0.1) is 5.41 Å². The molecule has 17 heavy (non-hydrogen) atoms. The van der Waals surface area contributed by atoms with Gasteiger partial charge in [-0.25, -0.2) is 4.98 Å². The lowest BCUT2D eigenvalue weighted by Crippen LogP contribution is -2.30. The topological polar surface area (TPSA) is 60.2 Å². The van der Waals surface area contributed by atoms with E-state index in [4.69, 9.17) is 10.5 Å². The van der Waals surface area contributed by atoms with Crippen molar-refractivity contribution in [3.8, 4) is 0 Å². The number of ether oxygens (including phenoxy) is 1. The van der Waals surface area contributed by atoms with Crippen molar-refractivity contribution in [2.24, 2.45) is 11.1 Å². The van der Waals surface area contributed by atoms with Crippen LogP contribution in [0.4, 0.5) is 0 Å². The second kappa shape index (κ2) is 7.06. The number of rotatable bonds is 8. The number of thiazole rings is 1. The van der Waals surface area contributed by atoms with Crippen molar-refractivity contribution in [2.45, 2.75) is 33.4 Å². The van der Waals surface area contributed by atoms with Crippen molar-refractivity contribution in [3.63, 3.8) is 0 Å². The summed E-state index contributed by atoms with van der Waals surface area (Å²) in [5.74, 6) is 0. The molecule has 0 spiro atoms. The summed E-state index contributed by atoms with van der Waals surface area (Å²) in [6.45, 7) is 7.60. The van der Waals surface area contributed by atoms with E-state index in [9.17, 15) is 0 Å². The van der Waals surface area contributed by atoms with Crippen LogP contribution < -0.4 is 11.1 Å². The first-order chi connectivity index (χ1) is 8.07. The Kier molecular flexibility index (Phi) is 6.05. The molecule has 5 heteroatoms. The van der Waals surface area contributed by atoms with Crippen LogP contribution in [-0.4, -0.2) is 25.2 Å². The number of methoxy groups -OCH3 is 1. The van der Waals surface area contributed by atoms with E-state index in [2.05, 4.69) is 29.5 Å². The Hall–Kier alpha value is -0.490. The second-order valence-corrected chi connectivity index (χ2v) is 5.89. The first kappa shape index (κ1) is 14.6. The summed E-state index contributed by atoms with van der Waals surface area (Å²) < 4.78 is 5.11. The largest absolute Gasteiger partial charge is 0.385 e. The summed E-state index contributed by atoms with van der Waals surface area (Å²) in [6.07, 6.45) is 1.06. The maximum atomic E-state index is 5.53. The highest BCUT2D eigenvalue weighted by Gasteiger charge is 2.16.